The molecule has 0 radical (unpaired) electrons. The first-order valence-electron chi connectivity index (χ1n) is 13.4. The number of carbonyl (C=O) groups is 2. The van der Waals surface area contributed by atoms with E-state index >= 15 is 0 Å². The van der Waals surface area contributed by atoms with E-state index in [9.17, 15) is 9.59 Å². The summed E-state index contributed by atoms with van der Waals surface area (Å²) in [6.07, 6.45) is 3.56. The molecule has 214 valence electrons. The van der Waals surface area contributed by atoms with E-state index in [2.05, 4.69) is 33.1 Å². The minimum atomic E-state index is -1.78. The molecule has 0 heterocycles. The van der Waals surface area contributed by atoms with Crippen LogP contribution < -0.4 is 0 Å². The third-order valence-electron chi connectivity index (χ3n) is 5.27. The van der Waals surface area contributed by atoms with Gasteiger partial charge in [0.15, 0.2) is 16.6 Å². The number of hydrogen-bond donors (Lipinski definition) is 1. The molecule has 0 saturated carbocycles. The Hall–Kier alpha value is -0.826. The summed E-state index contributed by atoms with van der Waals surface area (Å²) in [5.41, 5.74) is 0. The summed E-state index contributed by atoms with van der Waals surface area (Å²) in [5, 5.41) is 8.76. The Balaban J connectivity index is 3.81. The Morgan fingerprint density at radius 1 is 0.750 bits per heavy atom. The Morgan fingerprint density at radius 2 is 1.31 bits per heavy atom. The standard InChI is InChI=1S/C25H52O9Si2/c1-7-8-14-31-22-23(2)33-25(28)12-11-24(27)32-19-18-30-16-10-21-36(5,6)34-35(3,4)20-9-15-29-17-13-26/h23,26H,7-22H2,1-6H3. The van der Waals surface area contributed by atoms with Crippen molar-refractivity contribution in [3.8, 4) is 0 Å². The first-order chi connectivity index (χ1) is 17.0. The van der Waals surface area contributed by atoms with Gasteiger partial charge < -0.3 is 32.9 Å². The number of rotatable bonds is 24. The minimum Gasteiger partial charge on any atom is -0.463 e. The highest BCUT2D eigenvalue weighted by Gasteiger charge is 2.32. The fourth-order valence-electron chi connectivity index (χ4n) is 3.62. The van der Waals surface area contributed by atoms with Crippen molar-refractivity contribution in [1.29, 1.82) is 0 Å². The van der Waals surface area contributed by atoms with E-state index in [0.717, 1.165) is 37.8 Å². The Labute approximate surface area is 220 Å². The van der Waals surface area contributed by atoms with Gasteiger partial charge in [0.1, 0.15) is 12.7 Å². The molecule has 0 saturated heterocycles. The third-order valence-corrected chi connectivity index (χ3v) is 12.8. The van der Waals surface area contributed by atoms with Crippen LogP contribution in [0.15, 0.2) is 0 Å². The molecule has 0 rings (SSSR count). The number of unbranched alkanes of at least 4 members (excludes halogenated alkanes) is 1. The number of hydrogen-bond acceptors (Lipinski definition) is 9. The molecule has 0 spiro atoms. The second kappa shape index (κ2) is 21.1. The zero-order valence-electron chi connectivity index (χ0n) is 23.6. The minimum absolute atomic E-state index is 0.00591. The van der Waals surface area contributed by atoms with Crippen molar-refractivity contribution >= 4 is 28.6 Å². The van der Waals surface area contributed by atoms with Crippen LogP contribution in [0.1, 0.15) is 52.4 Å². The van der Waals surface area contributed by atoms with Gasteiger partial charge in [0.2, 0.25) is 0 Å². The molecule has 0 aliphatic rings. The van der Waals surface area contributed by atoms with Gasteiger partial charge in [-0.05, 0) is 64.5 Å². The summed E-state index contributed by atoms with van der Waals surface area (Å²) in [4.78, 5) is 23.6. The average molecular weight is 553 g/mol. The fraction of sp³-hybridized carbons (Fsp3) is 0.920. The highest BCUT2D eigenvalue weighted by Crippen LogP contribution is 2.23. The summed E-state index contributed by atoms with van der Waals surface area (Å²) in [6.45, 7) is 16.1. The Morgan fingerprint density at radius 3 is 1.89 bits per heavy atom. The maximum Gasteiger partial charge on any atom is 0.306 e. The first-order valence-corrected chi connectivity index (χ1v) is 19.6. The lowest BCUT2D eigenvalue weighted by molar-refractivity contribution is -0.155. The van der Waals surface area contributed by atoms with Crippen LogP contribution in [0.3, 0.4) is 0 Å². The first kappa shape index (κ1) is 35.2. The van der Waals surface area contributed by atoms with Crippen LogP contribution in [0, 0.1) is 0 Å². The number of ether oxygens (including phenoxy) is 5. The number of aliphatic hydroxyl groups excluding tert-OH is 1. The average Bonchev–Trinajstić information content (AvgIpc) is 2.79. The van der Waals surface area contributed by atoms with Gasteiger partial charge in [-0.3, -0.25) is 9.59 Å². The Kier molecular flexibility index (Phi) is 20.7. The van der Waals surface area contributed by atoms with E-state index < -0.39 is 28.6 Å². The number of esters is 2. The lowest BCUT2D eigenvalue weighted by Gasteiger charge is -2.34. The Bertz CT molecular complexity index is 574. The van der Waals surface area contributed by atoms with Crippen LogP contribution in [-0.4, -0.2) is 92.6 Å². The van der Waals surface area contributed by atoms with Crippen molar-refractivity contribution in [2.45, 2.75) is 96.8 Å². The van der Waals surface area contributed by atoms with Crippen LogP contribution in [0.4, 0.5) is 0 Å². The number of carbonyl (C=O) groups excluding carboxylic acids is 2. The molecule has 0 aliphatic heterocycles. The zero-order chi connectivity index (χ0) is 27.3. The van der Waals surface area contributed by atoms with Crippen molar-refractivity contribution in [3.05, 3.63) is 0 Å². The maximum absolute atomic E-state index is 11.8. The van der Waals surface area contributed by atoms with Gasteiger partial charge in [-0.25, -0.2) is 0 Å². The molecular formula is C25H52O9Si2. The summed E-state index contributed by atoms with van der Waals surface area (Å²) >= 11 is 0. The predicted octanol–water partition coefficient (Wildman–Crippen LogP) is 4.29. The molecule has 0 fully saturated rings. The highest BCUT2D eigenvalue weighted by atomic mass is 28.4. The molecule has 9 nitrogen and oxygen atoms in total. The molecule has 0 amide bonds. The van der Waals surface area contributed by atoms with E-state index in [4.69, 9.17) is 32.9 Å². The molecule has 1 unspecified atom stereocenters. The molecule has 0 bridgehead atoms. The molecule has 0 aromatic rings. The third kappa shape index (κ3) is 22.4. The van der Waals surface area contributed by atoms with Gasteiger partial charge >= 0.3 is 11.9 Å². The molecule has 1 atom stereocenters. The van der Waals surface area contributed by atoms with Gasteiger partial charge in [0, 0.05) is 19.8 Å². The maximum atomic E-state index is 11.8. The molecule has 0 aromatic carbocycles. The summed E-state index contributed by atoms with van der Waals surface area (Å²) in [7, 11) is -3.53. The monoisotopic (exact) mass is 552 g/mol. The van der Waals surface area contributed by atoms with Crippen molar-refractivity contribution in [1.82, 2.24) is 0 Å². The van der Waals surface area contributed by atoms with E-state index in [1.54, 1.807) is 6.92 Å². The van der Waals surface area contributed by atoms with E-state index in [1.807, 2.05) is 0 Å². The van der Waals surface area contributed by atoms with Gasteiger partial charge in [-0.1, -0.05) is 13.3 Å². The van der Waals surface area contributed by atoms with Gasteiger partial charge in [0.25, 0.3) is 0 Å². The lowest BCUT2D eigenvalue weighted by Crippen LogP contribution is -2.44. The van der Waals surface area contributed by atoms with Crippen LogP contribution in [0.25, 0.3) is 0 Å². The quantitative estimate of drug-likeness (QED) is 0.106. The molecule has 0 aliphatic carbocycles. The normalized spacial score (nSPS) is 13.0. The lowest BCUT2D eigenvalue weighted by atomic mass is 10.3. The predicted molar refractivity (Wildman–Crippen MR) is 145 cm³/mol. The second-order valence-electron chi connectivity index (χ2n) is 10.2. The van der Waals surface area contributed by atoms with Gasteiger partial charge in [-0.15, -0.1) is 0 Å². The SMILES string of the molecule is CCCCOCC(C)OC(=O)CCC(=O)OCCOCCC[Si](C)(C)O[Si](C)(C)CCCOCCO. The molecule has 1 N–H and O–H groups in total. The molecule has 36 heavy (non-hydrogen) atoms. The van der Waals surface area contributed by atoms with Crippen molar-refractivity contribution in [2.75, 3.05) is 52.9 Å². The van der Waals surface area contributed by atoms with Crippen LogP contribution in [-0.2, 0) is 37.4 Å². The molecular weight excluding hydrogens is 500 g/mol. The van der Waals surface area contributed by atoms with Gasteiger partial charge in [0.05, 0.1) is 39.3 Å². The van der Waals surface area contributed by atoms with E-state index in [0.29, 0.717) is 39.6 Å². The van der Waals surface area contributed by atoms with E-state index in [1.165, 1.54) is 0 Å². The van der Waals surface area contributed by atoms with E-state index in [-0.39, 0.29) is 32.2 Å². The second-order valence-corrected chi connectivity index (χ2v) is 19.1. The van der Waals surface area contributed by atoms with Crippen molar-refractivity contribution in [2.24, 2.45) is 0 Å². The van der Waals surface area contributed by atoms with Gasteiger partial charge in [-0.2, -0.15) is 0 Å². The van der Waals surface area contributed by atoms with Crippen molar-refractivity contribution < 1.29 is 42.5 Å². The molecule has 11 heteroatoms. The summed E-state index contributed by atoms with van der Waals surface area (Å²) < 4.78 is 33.3. The largest absolute Gasteiger partial charge is 0.463 e. The fourth-order valence-corrected chi connectivity index (χ4v) is 12.4. The summed E-state index contributed by atoms with van der Waals surface area (Å²) in [5.74, 6) is -0.858. The van der Waals surface area contributed by atoms with Crippen molar-refractivity contribution in [3.63, 3.8) is 0 Å². The van der Waals surface area contributed by atoms with Crippen LogP contribution >= 0.6 is 0 Å². The molecule has 0 aromatic heterocycles. The van der Waals surface area contributed by atoms with Crippen LogP contribution in [0.2, 0.25) is 38.3 Å². The van der Waals surface area contributed by atoms with Crippen LogP contribution in [0.5, 0.6) is 0 Å². The summed E-state index contributed by atoms with van der Waals surface area (Å²) in [6, 6.07) is 2.05. The number of aliphatic hydroxyl groups is 1. The highest BCUT2D eigenvalue weighted by molar-refractivity contribution is 6.84. The zero-order valence-corrected chi connectivity index (χ0v) is 25.6. The smallest absolute Gasteiger partial charge is 0.306 e. The topological polar surface area (TPSA) is 110 Å².